The Morgan fingerprint density at radius 2 is 1.84 bits per heavy atom. The summed E-state index contributed by atoms with van der Waals surface area (Å²) in [5.41, 5.74) is 4.35. The van der Waals surface area contributed by atoms with Crippen LogP contribution in [0.3, 0.4) is 0 Å². The molecule has 0 radical (unpaired) electrons. The van der Waals surface area contributed by atoms with Crippen molar-refractivity contribution in [2.75, 3.05) is 25.0 Å². The molecule has 3 aliphatic heterocycles. The average Bonchev–Trinajstić information content (AvgIpc) is 3.21. The Hall–Kier alpha value is -3.12. The highest BCUT2D eigenvalue weighted by Crippen LogP contribution is 2.42. The summed E-state index contributed by atoms with van der Waals surface area (Å²) >= 11 is 0. The molecule has 4 atom stereocenters. The molecule has 160 valence electrons. The van der Waals surface area contributed by atoms with Gasteiger partial charge in [0.15, 0.2) is 0 Å². The van der Waals surface area contributed by atoms with Crippen LogP contribution in [0.4, 0.5) is 10.5 Å². The molecule has 0 aliphatic carbocycles. The molecular weight excluding hydrogens is 386 g/mol. The number of aryl methyl sites for hydroxylation is 1. The van der Waals surface area contributed by atoms with Crippen molar-refractivity contribution >= 4 is 11.7 Å². The number of rotatable bonds is 5. The largest absolute Gasteiger partial charge is 0.336 e. The van der Waals surface area contributed by atoms with Crippen LogP contribution in [0.2, 0.25) is 0 Å². The molecule has 2 bridgehead atoms. The molecule has 6 heteroatoms. The standard InChI is InChI=1S/C25H29N5O/c1-29-24(15-23(28-29)18-8-4-2-5-9-18)22-17-30-13-12-19(22)14-21(30)16-26-25(31)27-20-10-6-3-7-11-20/h2-11,15,19,21-22H,12-14,16-17H2,1H3,(H2,26,27,31)/t19-,21+,22+/m0/s1. The first-order chi connectivity index (χ1) is 15.2. The number of amides is 2. The highest BCUT2D eigenvalue weighted by molar-refractivity contribution is 5.89. The van der Waals surface area contributed by atoms with E-state index >= 15 is 0 Å². The Labute approximate surface area is 183 Å². The summed E-state index contributed by atoms with van der Waals surface area (Å²) < 4.78 is 2.06. The quantitative estimate of drug-likeness (QED) is 0.660. The molecule has 6 rings (SSSR count). The SMILES string of the molecule is Cn1nc(-c2ccccc2)cc1[C@@H]1CN2CC[C@H]1C[C@@H]2CNC(=O)Nc1ccccc1. The number of hydrogen-bond donors (Lipinski definition) is 2. The van der Waals surface area contributed by atoms with Gasteiger partial charge in [-0.2, -0.15) is 5.10 Å². The van der Waals surface area contributed by atoms with Gasteiger partial charge in [0.2, 0.25) is 0 Å². The molecule has 6 nitrogen and oxygen atoms in total. The third kappa shape index (κ3) is 4.21. The van der Waals surface area contributed by atoms with E-state index in [0.29, 0.717) is 24.4 Å². The van der Waals surface area contributed by atoms with E-state index in [1.807, 2.05) is 36.4 Å². The summed E-state index contributed by atoms with van der Waals surface area (Å²) in [6.45, 7) is 2.82. The van der Waals surface area contributed by atoms with Crippen LogP contribution in [-0.2, 0) is 7.05 Å². The summed E-state index contributed by atoms with van der Waals surface area (Å²) in [6, 6.07) is 22.5. The number of carbonyl (C=O) groups excluding carboxylic acids is 1. The minimum atomic E-state index is -0.135. The number of piperidine rings is 3. The van der Waals surface area contributed by atoms with Gasteiger partial charge in [-0.1, -0.05) is 48.5 Å². The Balaban J connectivity index is 1.21. The average molecular weight is 416 g/mol. The second-order valence-corrected chi connectivity index (χ2v) is 8.68. The highest BCUT2D eigenvalue weighted by atomic mass is 16.2. The van der Waals surface area contributed by atoms with E-state index in [4.69, 9.17) is 5.10 Å². The number of anilines is 1. The van der Waals surface area contributed by atoms with Gasteiger partial charge in [0.25, 0.3) is 0 Å². The van der Waals surface area contributed by atoms with Crippen molar-refractivity contribution in [3.05, 3.63) is 72.4 Å². The molecule has 0 saturated carbocycles. The highest BCUT2D eigenvalue weighted by Gasteiger charge is 2.41. The fraction of sp³-hybridized carbons (Fsp3) is 0.360. The predicted octanol–water partition coefficient (Wildman–Crippen LogP) is 4.09. The van der Waals surface area contributed by atoms with Gasteiger partial charge >= 0.3 is 6.03 Å². The minimum Gasteiger partial charge on any atom is -0.336 e. The topological polar surface area (TPSA) is 62.2 Å². The Morgan fingerprint density at radius 1 is 1.10 bits per heavy atom. The lowest BCUT2D eigenvalue weighted by Gasteiger charge is -2.49. The van der Waals surface area contributed by atoms with Crippen molar-refractivity contribution in [3.63, 3.8) is 0 Å². The molecule has 1 aromatic heterocycles. The molecule has 3 saturated heterocycles. The Bertz CT molecular complexity index is 1030. The van der Waals surface area contributed by atoms with Gasteiger partial charge in [-0.15, -0.1) is 0 Å². The molecular formula is C25H29N5O. The van der Waals surface area contributed by atoms with Gasteiger partial charge in [-0.05, 0) is 43.5 Å². The summed E-state index contributed by atoms with van der Waals surface area (Å²) in [6.07, 6.45) is 2.32. The maximum atomic E-state index is 12.3. The van der Waals surface area contributed by atoms with E-state index in [0.717, 1.165) is 36.5 Å². The third-order valence-corrected chi connectivity index (χ3v) is 6.77. The second kappa shape index (κ2) is 8.55. The first-order valence-corrected chi connectivity index (χ1v) is 11.1. The number of fused-ring (bicyclic) bond motifs is 3. The van der Waals surface area contributed by atoms with Crippen LogP contribution in [0.15, 0.2) is 66.7 Å². The summed E-state index contributed by atoms with van der Waals surface area (Å²) in [5.74, 6) is 1.13. The van der Waals surface area contributed by atoms with Gasteiger partial charge in [0.05, 0.1) is 5.69 Å². The lowest BCUT2D eigenvalue weighted by atomic mass is 9.74. The lowest BCUT2D eigenvalue weighted by molar-refractivity contribution is 0.0296. The van der Waals surface area contributed by atoms with E-state index < -0.39 is 0 Å². The van der Waals surface area contributed by atoms with Crippen LogP contribution < -0.4 is 10.6 Å². The molecule has 2 aromatic carbocycles. The molecule has 2 N–H and O–H groups in total. The van der Waals surface area contributed by atoms with Gasteiger partial charge in [-0.3, -0.25) is 9.58 Å². The van der Waals surface area contributed by atoms with Gasteiger partial charge < -0.3 is 10.6 Å². The first-order valence-electron chi connectivity index (χ1n) is 11.1. The van der Waals surface area contributed by atoms with Crippen molar-refractivity contribution in [2.45, 2.75) is 24.8 Å². The minimum absolute atomic E-state index is 0.135. The van der Waals surface area contributed by atoms with E-state index in [-0.39, 0.29) is 6.03 Å². The van der Waals surface area contributed by atoms with Crippen molar-refractivity contribution in [3.8, 4) is 11.3 Å². The van der Waals surface area contributed by atoms with Crippen LogP contribution in [0, 0.1) is 5.92 Å². The maximum Gasteiger partial charge on any atom is 0.319 e. The maximum absolute atomic E-state index is 12.3. The molecule has 0 spiro atoms. The fourth-order valence-corrected chi connectivity index (χ4v) is 5.17. The van der Waals surface area contributed by atoms with E-state index in [1.54, 1.807) is 0 Å². The lowest BCUT2D eigenvalue weighted by Crippen LogP contribution is -2.56. The number of hydrogen-bond acceptors (Lipinski definition) is 3. The molecule has 1 unspecified atom stereocenters. The monoisotopic (exact) mass is 415 g/mol. The number of nitrogens with one attached hydrogen (secondary N) is 2. The summed E-state index contributed by atoms with van der Waals surface area (Å²) in [4.78, 5) is 14.8. The van der Waals surface area contributed by atoms with Crippen molar-refractivity contribution in [2.24, 2.45) is 13.0 Å². The number of aromatic nitrogens is 2. The summed E-state index contributed by atoms with van der Waals surface area (Å²) in [5, 5.41) is 10.8. The number of benzene rings is 2. The fourth-order valence-electron chi connectivity index (χ4n) is 5.17. The van der Waals surface area contributed by atoms with Gasteiger partial charge in [0, 0.05) is 49.0 Å². The molecule has 4 heterocycles. The molecule has 31 heavy (non-hydrogen) atoms. The Morgan fingerprint density at radius 3 is 2.55 bits per heavy atom. The van der Waals surface area contributed by atoms with Crippen molar-refractivity contribution in [1.82, 2.24) is 20.0 Å². The van der Waals surface area contributed by atoms with Gasteiger partial charge in [0.1, 0.15) is 0 Å². The van der Waals surface area contributed by atoms with Crippen LogP contribution in [0.25, 0.3) is 11.3 Å². The van der Waals surface area contributed by atoms with E-state index in [2.05, 4.69) is 57.6 Å². The van der Waals surface area contributed by atoms with Gasteiger partial charge in [-0.25, -0.2) is 4.79 Å². The van der Waals surface area contributed by atoms with Crippen molar-refractivity contribution < 1.29 is 4.79 Å². The Kier molecular flexibility index (Phi) is 5.47. The second-order valence-electron chi connectivity index (χ2n) is 8.68. The first kappa shape index (κ1) is 19.8. The van der Waals surface area contributed by atoms with Crippen LogP contribution in [0.1, 0.15) is 24.5 Å². The number of para-hydroxylation sites is 1. The van der Waals surface area contributed by atoms with Crippen LogP contribution in [-0.4, -0.2) is 46.4 Å². The molecule has 3 fully saturated rings. The number of nitrogens with zero attached hydrogens (tertiary/aromatic N) is 3. The van der Waals surface area contributed by atoms with Crippen LogP contribution in [0.5, 0.6) is 0 Å². The zero-order chi connectivity index (χ0) is 21.2. The number of carbonyl (C=O) groups is 1. The molecule has 2 amide bonds. The molecule has 3 aromatic rings. The predicted molar refractivity (Wildman–Crippen MR) is 123 cm³/mol. The number of urea groups is 1. The zero-order valence-electron chi connectivity index (χ0n) is 17.9. The molecule has 3 aliphatic rings. The van der Waals surface area contributed by atoms with E-state index in [1.165, 1.54) is 12.1 Å². The summed E-state index contributed by atoms with van der Waals surface area (Å²) in [7, 11) is 2.06. The smallest absolute Gasteiger partial charge is 0.319 e. The third-order valence-electron chi connectivity index (χ3n) is 6.77. The van der Waals surface area contributed by atoms with Crippen LogP contribution >= 0.6 is 0 Å². The normalized spacial score (nSPS) is 24.7. The zero-order valence-corrected chi connectivity index (χ0v) is 17.9. The van der Waals surface area contributed by atoms with E-state index in [9.17, 15) is 4.79 Å². The van der Waals surface area contributed by atoms with Crippen molar-refractivity contribution in [1.29, 1.82) is 0 Å².